The quantitative estimate of drug-likeness (QED) is 0.0156. The third kappa shape index (κ3) is 33.1. The number of Topliss-reactive ketones (excluding diaryl/α,β-unsaturated/α-hetero) is 3. The summed E-state index contributed by atoms with van der Waals surface area (Å²) >= 11 is 2.42. The van der Waals surface area contributed by atoms with E-state index >= 15 is 0 Å². The number of amides is 4. The number of ketones is 3. The number of esters is 2. The molecule has 10 rings (SSSR count). The molecule has 141 heavy (non-hydrogen) atoms. The first-order chi connectivity index (χ1) is 67.2. The van der Waals surface area contributed by atoms with Crippen LogP contribution < -0.4 is 37.1 Å². The summed E-state index contributed by atoms with van der Waals surface area (Å²) in [7, 11) is -1.72. The molecule has 5 N–H and O–H groups in total. The van der Waals surface area contributed by atoms with Crippen molar-refractivity contribution in [3.63, 3.8) is 0 Å². The molecule has 0 aliphatic carbocycles. The van der Waals surface area contributed by atoms with E-state index in [-0.39, 0.29) is 131 Å². The van der Waals surface area contributed by atoms with Crippen LogP contribution in [0.4, 0.5) is 0 Å². The van der Waals surface area contributed by atoms with Crippen molar-refractivity contribution < 1.29 is 71.4 Å². The van der Waals surface area contributed by atoms with Gasteiger partial charge < -0.3 is 49.6 Å². The van der Waals surface area contributed by atoms with Crippen molar-refractivity contribution in [1.82, 2.24) is 40.2 Å². The number of benzene rings is 6. The highest BCUT2D eigenvalue weighted by molar-refractivity contribution is 7.10. The Hall–Kier alpha value is -9.89. The van der Waals surface area contributed by atoms with E-state index in [1.54, 1.807) is 10.8 Å². The van der Waals surface area contributed by atoms with Crippen molar-refractivity contribution >= 4 is 119 Å². The van der Waals surface area contributed by atoms with Crippen LogP contribution in [0.1, 0.15) is 288 Å². The molecule has 2 aliphatic heterocycles. The van der Waals surface area contributed by atoms with Gasteiger partial charge in [-0.2, -0.15) is 0 Å². The summed E-state index contributed by atoms with van der Waals surface area (Å²) in [5, 5.41) is 23.1. The highest BCUT2D eigenvalue weighted by Gasteiger charge is 2.52. The Morgan fingerprint density at radius 2 is 0.830 bits per heavy atom. The van der Waals surface area contributed by atoms with Crippen molar-refractivity contribution in [2.75, 3.05) is 53.5 Å². The molecule has 0 radical (unpaired) electrons. The molecule has 0 spiro atoms. The smallest absolute Gasteiger partial charge is 0.320 e. The molecule has 2 aromatic heterocycles. The first-order valence-corrected chi connectivity index (χ1v) is 56.8. The van der Waals surface area contributed by atoms with Crippen LogP contribution in [0.3, 0.4) is 0 Å². The number of nitrogens with zero attached hydrogens (tertiary/aromatic N) is 6. The molecule has 28 heteroatoms. The van der Waals surface area contributed by atoms with Crippen LogP contribution >= 0.6 is 22.7 Å². The number of carboxylic acids is 1. The molecule has 12 atom stereocenters. The highest BCUT2D eigenvalue weighted by atomic mass is 32.1. The molecule has 2 aliphatic rings. The van der Waals surface area contributed by atoms with Crippen LogP contribution in [0.15, 0.2) is 193 Å². The van der Waals surface area contributed by atoms with Gasteiger partial charge in [0.1, 0.15) is 27.4 Å². The second-order valence-electron chi connectivity index (χ2n) is 41.0. The van der Waals surface area contributed by atoms with Gasteiger partial charge in [0.15, 0.2) is 29.6 Å². The van der Waals surface area contributed by atoms with E-state index in [0.717, 1.165) is 82.0 Å². The second kappa shape index (κ2) is 57.0. The van der Waals surface area contributed by atoms with Crippen molar-refractivity contribution in [3.8, 4) is 0 Å². The van der Waals surface area contributed by atoms with E-state index in [1.807, 2.05) is 155 Å². The van der Waals surface area contributed by atoms with E-state index < -0.39 is 82.6 Å². The van der Waals surface area contributed by atoms with Gasteiger partial charge in [-0.3, -0.25) is 57.7 Å². The Morgan fingerprint density at radius 3 is 1.13 bits per heavy atom. The molecule has 24 nitrogen and oxygen atoms in total. The first kappa shape index (κ1) is 116. The van der Waals surface area contributed by atoms with Gasteiger partial charge in [-0.25, -0.2) is 9.97 Å². The fourth-order valence-corrected chi connectivity index (χ4v) is 30.5. The number of hydrogen-bond acceptors (Lipinski definition) is 21. The zero-order valence-electron chi connectivity index (χ0n) is 87.5. The Bertz CT molecular complexity index is 5120. The third-order valence-electron chi connectivity index (χ3n) is 27.8. The van der Waals surface area contributed by atoms with Crippen LogP contribution in [0, 0.1) is 29.6 Å². The molecule has 4 heterocycles. The SMILES string of the molecule is CCCN(C(=O)[C@@H](CC(=O)[C@H]1CCCCN1C)[C@@H](C)CC)[C@H](C[C@@H](OC(C)=O)c1nc(C(=O)N[C@@H](Cc2ccccc2)C(=O)CCCO[Si](c2ccccc2)(c2ccccc2)C(C)(C)C)cs1)C(C)C.CCCN(C(=O)[C@@H](N)[C@@H](C)CC)[C@H](C[C@@H](OC(C)=O)c1nc(C(=O)N[C@@H](Cc2ccccc2)C(=O)CCCO[Si](c2ccccc2)(c2ccccc2)C(C)(C)C)cs1)C(C)C.CN1CCCCC1C(=O)O. The number of nitrogens with two attached hydrogens (primary N) is 1. The first-order valence-electron chi connectivity index (χ1n) is 51.2. The van der Waals surface area contributed by atoms with Crippen molar-refractivity contribution in [1.29, 1.82) is 0 Å². The Labute approximate surface area is 850 Å². The molecular formula is C113H161N9O15S2Si2. The predicted octanol–water partition coefficient (Wildman–Crippen LogP) is 18.4. The average molecular weight is 2010 g/mol. The maximum atomic E-state index is 14.8. The van der Waals surface area contributed by atoms with Gasteiger partial charge in [-0.1, -0.05) is 318 Å². The summed E-state index contributed by atoms with van der Waals surface area (Å²) in [6, 6.07) is 57.6. The minimum atomic E-state index is -2.81. The van der Waals surface area contributed by atoms with Gasteiger partial charge in [0.2, 0.25) is 11.8 Å². The number of nitrogens with one attached hydrogen (secondary N) is 2. The summed E-state index contributed by atoms with van der Waals surface area (Å²) in [6.45, 7) is 39.9. The fourth-order valence-electron chi connectivity index (χ4n) is 19.6. The van der Waals surface area contributed by atoms with Crippen molar-refractivity contribution in [2.24, 2.45) is 35.3 Å². The number of thiazole rings is 2. The Balaban J connectivity index is 0.000000316. The minimum absolute atomic E-state index is 0.00349. The number of aromatic nitrogens is 2. The molecule has 0 saturated carbocycles. The predicted molar refractivity (Wildman–Crippen MR) is 570 cm³/mol. The number of carboxylic acid groups (broad SMARTS) is 1. The summed E-state index contributed by atoms with van der Waals surface area (Å²) in [5.41, 5.74) is 8.52. The lowest BCUT2D eigenvalue weighted by Crippen LogP contribution is -2.66. The van der Waals surface area contributed by atoms with Crippen LogP contribution in [0.5, 0.6) is 0 Å². The van der Waals surface area contributed by atoms with E-state index in [4.69, 9.17) is 34.1 Å². The summed E-state index contributed by atoms with van der Waals surface area (Å²) < 4.78 is 26.0. The van der Waals surface area contributed by atoms with E-state index in [9.17, 15) is 47.9 Å². The number of carbonyl (C=O) groups excluding carboxylic acids is 9. The summed E-state index contributed by atoms with van der Waals surface area (Å²) in [6.07, 6.45) is 9.90. The molecule has 768 valence electrons. The molecule has 2 fully saturated rings. The van der Waals surface area contributed by atoms with Crippen molar-refractivity contribution in [3.05, 3.63) is 225 Å². The monoisotopic (exact) mass is 2000 g/mol. The maximum Gasteiger partial charge on any atom is 0.320 e. The third-order valence-corrected chi connectivity index (χ3v) is 39.7. The number of likely N-dealkylation sites (N-methyl/N-ethyl adjacent to an activating group) is 2. The van der Waals surface area contributed by atoms with Crippen molar-refractivity contribution in [2.45, 2.75) is 311 Å². The summed E-state index contributed by atoms with van der Waals surface area (Å²) in [4.78, 5) is 152. The molecule has 1 unspecified atom stereocenters. The number of aliphatic carboxylic acids is 1. The Morgan fingerprint density at radius 1 is 0.489 bits per heavy atom. The average Bonchev–Trinajstić information content (AvgIpc) is 0.818. The number of ether oxygens (including phenoxy) is 2. The molecule has 0 bridgehead atoms. The van der Waals surface area contributed by atoms with Gasteiger partial charge in [-0.15, -0.1) is 22.7 Å². The molecular weight excluding hydrogens is 1840 g/mol. The number of carbonyl (C=O) groups is 10. The van der Waals surface area contributed by atoms with Crippen LogP contribution in [0.2, 0.25) is 10.1 Å². The zero-order valence-corrected chi connectivity index (χ0v) is 91.1. The molecule has 8 aromatic rings. The molecule has 4 amide bonds. The molecule has 6 aromatic carbocycles. The van der Waals surface area contributed by atoms with E-state index in [1.165, 1.54) is 57.3 Å². The molecule has 2 saturated heterocycles. The van der Waals surface area contributed by atoms with Crippen LogP contribution in [0.25, 0.3) is 0 Å². The minimum Gasteiger partial charge on any atom is -0.480 e. The van der Waals surface area contributed by atoms with Crippen LogP contribution in [-0.4, -0.2) is 206 Å². The lowest BCUT2D eigenvalue weighted by Gasteiger charge is -2.43. The number of likely N-dealkylation sites (tertiary alicyclic amines) is 2. The van der Waals surface area contributed by atoms with Gasteiger partial charge in [0.25, 0.3) is 28.4 Å². The summed E-state index contributed by atoms with van der Waals surface area (Å²) in [5.74, 6) is -3.46. The maximum absolute atomic E-state index is 14.8. The normalized spacial score (nSPS) is 16.5. The Kier molecular flexibility index (Phi) is 47.0. The van der Waals surface area contributed by atoms with E-state index in [2.05, 4.69) is 187 Å². The standard InChI is InChI=1S/C57H80N4O7SSi.C49H68N4O6SSi.C7H13NO2/c1-11-33-61(56(66)46(41(5)12-2)37-52(64)49-31-22-23-34-60(49)10)50(40(3)4)38-53(68-42(6)62)55-59-48(39-69-55)54(65)58-47(36-43-25-16-13-17-26-43)51(63)32-24-35-67-70(57(7,8)9,44-27-18-14-19-28-44)45-29-20-15-21-30-45;1-10-29-53(48(57)45(50)35(5)11-2)42(34(3)4)32-44(59-36(6)54)47-52-41(33-60-47)46(56)51-40(31-37-22-15-12-16-23-37)43(55)28-21-30-58-61(49(7,8)9,38-24-17-13-18-25-38)39-26-19-14-20-27-39;1-8-5-3-2-4-6(8)7(9)10/h13-21,25-30,39-41,46-47,49-50,53H,11-12,22-24,31-38H2,1-10H3,(H,58,65);12-20,22-27,33-35,40,42,44-45H,10-11,21,28-32,50H2,1-9H3,(H,51,56);6H,2-5H2,1H3,(H,9,10)/t41-,46-,47-,49+,50+,53+;35-,40-,42+,44+,45-;/m00./s1. The highest BCUT2D eigenvalue weighted by Crippen LogP contribution is 2.41. The lowest BCUT2D eigenvalue weighted by molar-refractivity contribution is -0.151. The fraction of sp³-hybridized carbons (Fsp3) is 0.540. The number of hydrogen-bond donors (Lipinski definition) is 4. The van der Waals surface area contributed by atoms with Gasteiger partial charge in [0, 0.05) is 101 Å². The zero-order chi connectivity index (χ0) is 103. The van der Waals surface area contributed by atoms with Crippen LogP contribution in [-0.2, 0) is 69.5 Å². The number of piperidine rings is 2. The van der Waals surface area contributed by atoms with E-state index in [0.29, 0.717) is 68.4 Å². The second-order valence-corrected chi connectivity index (χ2v) is 51.4. The van der Waals surface area contributed by atoms with Gasteiger partial charge in [-0.05, 0) is 157 Å². The lowest BCUT2D eigenvalue weighted by atomic mass is 9.82. The largest absolute Gasteiger partial charge is 0.480 e. The van der Waals surface area contributed by atoms with Gasteiger partial charge in [0.05, 0.1) is 24.2 Å². The number of rotatable bonds is 50. The van der Waals surface area contributed by atoms with Gasteiger partial charge >= 0.3 is 17.9 Å². The topological polar surface area (TPSA) is 317 Å².